The van der Waals surface area contributed by atoms with Crippen LogP contribution in [0.3, 0.4) is 0 Å². The fraction of sp³-hybridized carbons (Fsp3) is 0.172. The monoisotopic (exact) mass is 404 g/mol. The molecule has 0 N–H and O–H groups in total. The highest BCUT2D eigenvalue weighted by molar-refractivity contribution is 7.80. The summed E-state index contributed by atoms with van der Waals surface area (Å²) in [4.78, 5) is 0. The summed E-state index contributed by atoms with van der Waals surface area (Å²) in [5.41, 5.74) is 6.17. The number of hydrogen-bond acceptors (Lipinski definition) is 0. The zero-order valence-corrected chi connectivity index (χ0v) is 18.3. The molecule has 0 saturated carbocycles. The van der Waals surface area contributed by atoms with Gasteiger partial charge in [-0.2, -0.15) is 0 Å². The van der Waals surface area contributed by atoms with Crippen molar-refractivity contribution in [1.29, 1.82) is 0 Å². The van der Waals surface area contributed by atoms with Gasteiger partial charge < -0.3 is 0 Å². The molecule has 1 heteroatoms. The Bertz CT molecular complexity index is 1240. The van der Waals surface area contributed by atoms with Crippen LogP contribution < -0.4 is 15.9 Å². The average molecular weight is 404 g/mol. The fourth-order valence-corrected chi connectivity index (χ4v) is 8.63. The topological polar surface area (TPSA) is 0 Å². The normalized spacial score (nSPS) is 22.9. The van der Waals surface area contributed by atoms with Gasteiger partial charge in [-0.05, 0) is 51.5 Å². The molecule has 0 nitrogen and oxygen atoms in total. The summed E-state index contributed by atoms with van der Waals surface area (Å²) in [6.07, 6.45) is 0. The van der Waals surface area contributed by atoms with E-state index in [0.717, 1.165) is 0 Å². The van der Waals surface area contributed by atoms with Crippen molar-refractivity contribution >= 4 is 23.8 Å². The van der Waals surface area contributed by atoms with Crippen molar-refractivity contribution < 1.29 is 0 Å². The van der Waals surface area contributed by atoms with Gasteiger partial charge in [0.25, 0.3) is 0 Å². The molecule has 2 aliphatic rings. The molecule has 1 aliphatic heterocycles. The summed E-state index contributed by atoms with van der Waals surface area (Å²) in [5.74, 6) is 0.855. The van der Waals surface area contributed by atoms with Crippen LogP contribution in [0.5, 0.6) is 0 Å². The van der Waals surface area contributed by atoms with Gasteiger partial charge in [0.15, 0.2) is 0 Å². The molecule has 3 unspecified atom stereocenters. The maximum Gasteiger partial charge on any atom is 0.0176 e. The Labute approximate surface area is 180 Å². The van der Waals surface area contributed by atoms with Crippen LogP contribution in [0.15, 0.2) is 103 Å². The minimum atomic E-state index is -0.581. The zero-order chi connectivity index (χ0) is 20.3. The summed E-state index contributed by atoms with van der Waals surface area (Å²) in [7, 11) is -0.581. The summed E-state index contributed by atoms with van der Waals surface area (Å²) in [5, 5.41) is 4.49. The predicted octanol–water partition coefficient (Wildman–Crippen LogP) is 5.97. The highest BCUT2D eigenvalue weighted by Gasteiger charge is 2.50. The van der Waals surface area contributed by atoms with Crippen LogP contribution in [0.4, 0.5) is 0 Å². The molecule has 1 aliphatic carbocycles. The van der Waals surface area contributed by atoms with Gasteiger partial charge in [-0.25, -0.2) is 0 Å². The van der Waals surface area contributed by atoms with Crippen LogP contribution >= 0.6 is 7.92 Å². The van der Waals surface area contributed by atoms with Crippen molar-refractivity contribution in [3.8, 4) is 0 Å². The average Bonchev–Trinajstić information content (AvgIpc) is 2.94. The van der Waals surface area contributed by atoms with Crippen LogP contribution in [-0.2, 0) is 5.41 Å². The van der Waals surface area contributed by atoms with Crippen molar-refractivity contribution in [2.24, 2.45) is 0 Å². The van der Waals surface area contributed by atoms with E-state index in [9.17, 15) is 0 Å². The van der Waals surface area contributed by atoms with Crippen LogP contribution in [0.1, 0.15) is 47.9 Å². The van der Waals surface area contributed by atoms with Crippen molar-refractivity contribution in [2.75, 3.05) is 0 Å². The molecule has 0 aromatic heterocycles. The van der Waals surface area contributed by atoms with Gasteiger partial charge in [-0.3, -0.25) is 0 Å². The standard InChI is InChI=1S/C29H25P/c1-29(2)24-17-9-6-14-21(24)27-22-15-7-10-18-25(22)30(20-12-4-3-5-13-20)26-19-11-8-16-23(26)28(27)29/h3-19,27-28H,1-2H3. The Morgan fingerprint density at radius 1 is 0.567 bits per heavy atom. The summed E-state index contributed by atoms with van der Waals surface area (Å²) in [6.45, 7) is 4.90. The highest BCUT2D eigenvalue weighted by Crippen LogP contribution is 2.60. The van der Waals surface area contributed by atoms with E-state index in [-0.39, 0.29) is 5.41 Å². The minimum absolute atomic E-state index is 0.0898. The Balaban J connectivity index is 1.74. The van der Waals surface area contributed by atoms with Gasteiger partial charge in [0, 0.05) is 11.8 Å². The largest absolute Gasteiger partial charge is 0.0622 e. The quantitative estimate of drug-likeness (QED) is 0.343. The SMILES string of the molecule is CC1(C)c2ccccc2C2c3ccccc3P(c3ccccc3)c3ccccc3C21. The third-order valence-electron chi connectivity index (χ3n) is 7.14. The first-order valence-electron chi connectivity index (χ1n) is 10.8. The van der Waals surface area contributed by atoms with Crippen LogP contribution in [0.2, 0.25) is 0 Å². The Morgan fingerprint density at radius 3 is 1.83 bits per heavy atom. The fourth-order valence-electron chi connectivity index (χ4n) is 5.93. The van der Waals surface area contributed by atoms with E-state index in [0.29, 0.717) is 11.8 Å². The lowest BCUT2D eigenvalue weighted by molar-refractivity contribution is 0.425. The van der Waals surface area contributed by atoms with Gasteiger partial charge in [0.2, 0.25) is 0 Å². The molecule has 4 aromatic carbocycles. The van der Waals surface area contributed by atoms with Crippen molar-refractivity contribution in [3.63, 3.8) is 0 Å². The van der Waals surface area contributed by atoms with Gasteiger partial charge in [-0.1, -0.05) is 117 Å². The molecule has 3 atom stereocenters. The highest BCUT2D eigenvalue weighted by atomic mass is 31.1. The van der Waals surface area contributed by atoms with E-state index < -0.39 is 7.92 Å². The first-order valence-corrected chi connectivity index (χ1v) is 12.1. The predicted molar refractivity (Wildman–Crippen MR) is 129 cm³/mol. The molecule has 4 aromatic rings. The van der Waals surface area contributed by atoms with E-state index >= 15 is 0 Å². The van der Waals surface area contributed by atoms with Gasteiger partial charge in [0.05, 0.1) is 0 Å². The number of benzene rings is 4. The van der Waals surface area contributed by atoms with E-state index in [1.54, 1.807) is 0 Å². The van der Waals surface area contributed by atoms with Gasteiger partial charge in [0.1, 0.15) is 0 Å². The van der Waals surface area contributed by atoms with Crippen LogP contribution in [0.25, 0.3) is 0 Å². The maximum atomic E-state index is 2.45. The lowest BCUT2D eigenvalue weighted by Crippen LogP contribution is -2.28. The number of hydrogen-bond donors (Lipinski definition) is 0. The molecule has 1 heterocycles. The molecule has 0 saturated heterocycles. The first-order chi connectivity index (χ1) is 14.7. The Kier molecular flexibility index (Phi) is 4.02. The van der Waals surface area contributed by atoms with E-state index in [1.807, 2.05) is 0 Å². The van der Waals surface area contributed by atoms with E-state index in [4.69, 9.17) is 0 Å². The zero-order valence-electron chi connectivity index (χ0n) is 17.4. The summed E-state index contributed by atoms with van der Waals surface area (Å²) >= 11 is 0. The molecule has 0 amide bonds. The van der Waals surface area contributed by atoms with Crippen LogP contribution in [-0.4, -0.2) is 0 Å². The van der Waals surface area contributed by atoms with Gasteiger partial charge >= 0.3 is 0 Å². The molecule has 30 heavy (non-hydrogen) atoms. The van der Waals surface area contributed by atoms with E-state index in [1.165, 1.54) is 38.2 Å². The van der Waals surface area contributed by atoms with Crippen molar-refractivity contribution in [2.45, 2.75) is 31.1 Å². The molecular formula is C29H25P. The Morgan fingerprint density at radius 2 is 1.10 bits per heavy atom. The molecule has 6 rings (SSSR count). The lowest BCUT2D eigenvalue weighted by Gasteiger charge is -2.32. The van der Waals surface area contributed by atoms with E-state index in [2.05, 4.69) is 117 Å². The molecule has 146 valence electrons. The number of fused-ring (bicyclic) bond motifs is 7. The third kappa shape index (κ3) is 2.44. The van der Waals surface area contributed by atoms with Crippen molar-refractivity contribution in [3.05, 3.63) is 125 Å². The second kappa shape index (κ2) is 6.66. The molecule has 0 bridgehead atoms. The first kappa shape index (κ1) is 18.1. The van der Waals surface area contributed by atoms with Crippen molar-refractivity contribution in [1.82, 2.24) is 0 Å². The Hall–Kier alpha value is -2.69. The maximum absolute atomic E-state index is 2.45. The second-order valence-electron chi connectivity index (χ2n) is 9.05. The summed E-state index contributed by atoms with van der Waals surface area (Å²) < 4.78 is 0. The van der Waals surface area contributed by atoms with Crippen LogP contribution in [0, 0.1) is 0 Å². The minimum Gasteiger partial charge on any atom is -0.0622 e. The molecule has 0 fully saturated rings. The molecule has 0 radical (unpaired) electrons. The number of rotatable bonds is 1. The smallest absolute Gasteiger partial charge is 0.0176 e. The third-order valence-corrected chi connectivity index (χ3v) is 9.73. The molecular weight excluding hydrogens is 379 g/mol. The summed E-state index contributed by atoms with van der Waals surface area (Å²) in [6, 6.07) is 38.8. The lowest BCUT2D eigenvalue weighted by atomic mass is 9.71. The van der Waals surface area contributed by atoms with Gasteiger partial charge in [-0.15, -0.1) is 0 Å². The second-order valence-corrected chi connectivity index (χ2v) is 11.2. The molecule has 0 spiro atoms.